The number of nitrogens with one attached hydrogen (secondary N) is 2. The van der Waals surface area contributed by atoms with E-state index >= 15 is 0 Å². The minimum atomic E-state index is -0.414. The highest BCUT2D eigenvalue weighted by Crippen LogP contribution is 2.10. The number of hydrogen-bond donors (Lipinski definition) is 3. The lowest BCUT2D eigenvalue weighted by Gasteiger charge is -2.12. The Labute approximate surface area is 140 Å². The van der Waals surface area contributed by atoms with Crippen LogP contribution in [0.25, 0.3) is 0 Å². The Morgan fingerprint density at radius 1 is 1.04 bits per heavy atom. The van der Waals surface area contributed by atoms with Crippen LogP contribution in [-0.4, -0.2) is 24.7 Å². The maximum atomic E-state index is 13.3. The van der Waals surface area contributed by atoms with Gasteiger partial charge in [-0.05, 0) is 41.8 Å². The van der Waals surface area contributed by atoms with E-state index in [2.05, 4.69) is 15.6 Å². The van der Waals surface area contributed by atoms with Gasteiger partial charge in [0.25, 0.3) is 0 Å². The molecule has 0 spiro atoms. The second-order valence-corrected chi connectivity index (χ2v) is 5.31. The van der Waals surface area contributed by atoms with Crippen molar-refractivity contribution in [1.29, 1.82) is 0 Å². The molecule has 24 heavy (non-hydrogen) atoms. The number of halogens is 2. The standard InChI is InChI=1S/C18H21F2N3O/c1-21-18(22-9-8-13-2-5-16(19)6-3-13)23-11-14-4-7-17(20)15(10-14)12-24/h2-7,10,24H,8-9,11-12H2,1H3,(H2,21,22,23). The van der Waals surface area contributed by atoms with Gasteiger partial charge < -0.3 is 15.7 Å². The predicted octanol–water partition coefficient (Wildman–Crippen LogP) is 2.36. The topological polar surface area (TPSA) is 56.7 Å². The molecule has 0 unspecified atom stereocenters. The molecule has 0 aliphatic carbocycles. The minimum Gasteiger partial charge on any atom is -0.392 e. The Morgan fingerprint density at radius 2 is 1.75 bits per heavy atom. The Hall–Kier alpha value is -2.47. The van der Waals surface area contributed by atoms with Crippen molar-refractivity contribution in [3.8, 4) is 0 Å². The predicted molar refractivity (Wildman–Crippen MR) is 90.6 cm³/mol. The molecule has 2 aromatic rings. The highest BCUT2D eigenvalue weighted by molar-refractivity contribution is 5.79. The van der Waals surface area contributed by atoms with Crippen molar-refractivity contribution in [3.05, 3.63) is 70.8 Å². The van der Waals surface area contributed by atoms with Crippen LogP contribution in [0.4, 0.5) is 8.78 Å². The van der Waals surface area contributed by atoms with Gasteiger partial charge in [0.1, 0.15) is 11.6 Å². The molecule has 0 aromatic heterocycles. The summed E-state index contributed by atoms with van der Waals surface area (Å²) in [6, 6.07) is 11.0. The molecule has 2 aromatic carbocycles. The number of guanidine groups is 1. The maximum Gasteiger partial charge on any atom is 0.191 e. The highest BCUT2D eigenvalue weighted by atomic mass is 19.1. The van der Waals surface area contributed by atoms with E-state index in [1.807, 2.05) is 0 Å². The number of aliphatic imine (C=N–C) groups is 1. The number of rotatable bonds is 6. The Balaban J connectivity index is 1.81. The summed E-state index contributed by atoms with van der Waals surface area (Å²) in [6.07, 6.45) is 0.742. The molecule has 0 radical (unpaired) electrons. The zero-order valence-electron chi connectivity index (χ0n) is 13.5. The molecule has 0 amide bonds. The number of nitrogens with zero attached hydrogens (tertiary/aromatic N) is 1. The molecule has 4 nitrogen and oxygen atoms in total. The summed E-state index contributed by atoms with van der Waals surface area (Å²) in [4.78, 5) is 4.12. The van der Waals surface area contributed by atoms with Crippen molar-refractivity contribution in [2.45, 2.75) is 19.6 Å². The van der Waals surface area contributed by atoms with E-state index in [4.69, 9.17) is 5.11 Å². The van der Waals surface area contributed by atoms with Crippen LogP contribution in [0.2, 0.25) is 0 Å². The average Bonchev–Trinajstić information content (AvgIpc) is 2.60. The average molecular weight is 333 g/mol. The molecular weight excluding hydrogens is 312 g/mol. The van der Waals surface area contributed by atoms with E-state index in [1.54, 1.807) is 31.3 Å². The van der Waals surface area contributed by atoms with E-state index in [0.717, 1.165) is 17.5 Å². The Morgan fingerprint density at radius 3 is 2.42 bits per heavy atom. The normalized spacial score (nSPS) is 11.4. The molecule has 2 rings (SSSR count). The summed E-state index contributed by atoms with van der Waals surface area (Å²) in [6.45, 7) is 0.782. The number of hydrogen-bond acceptors (Lipinski definition) is 2. The van der Waals surface area contributed by atoms with Crippen molar-refractivity contribution in [2.75, 3.05) is 13.6 Å². The molecule has 0 fully saturated rings. The zero-order valence-corrected chi connectivity index (χ0v) is 13.5. The fourth-order valence-electron chi connectivity index (χ4n) is 2.24. The van der Waals surface area contributed by atoms with Crippen LogP contribution in [-0.2, 0) is 19.6 Å². The Bertz CT molecular complexity index is 687. The number of benzene rings is 2. The summed E-state index contributed by atoms with van der Waals surface area (Å²) in [5.41, 5.74) is 2.15. The van der Waals surface area contributed by atoms with Gasteiger partial charge in [-0.15, -0.1) is 0 Å². The van der Waals surface area contributed by atoms with Gasteiger partial charge in [0.15, 0.2) is 5.96 Å². The first-order valence-electron chi connectivity index (χ1n) is 7.69. The summed E-state index contributed by atoms with van der Waals surface area (Å²) in [5, 5.41) is 15.4. The SMILES string of the molecule is CN=C(NCCc1ccc(F)cc1)NCc1ccc(F)c(CO)c1. The molecule has 0 aliphatic rings. The monoisotopic (exact) mass is 333 g/mol. The molecule has 0 saturated carbocycles. The summed E-state index contributed by atoms with van der Waals surface area (Å²) in [7, 11) is 1.66. The van der Waals surface area contributed by atoms with Crippen molar-refractivity contribution in [2.24, 2.45) is 4.99 Å². The second kappa shape index (κ2) is 8.98. The number of aliphatic hydroxyl groups is 1. The zero-order chi connectivity index (χ0) is 17.4. The third-order valence-corrected chi connectivity index (χ3v) is 3.58. The molecule has 0 heterocycles. The first kappa shape index (κ1) is 17.9. The number of aliphatic hydroxyl groups excluding tert-OH is 1. The quantitative estimate of drug-likeness (QED) is 0.562. The smallest absolute Gasteiger partial charge is 0.191 e. The van der Waals surface area contributed by atoms with Gasteiger partial charge in [-0.25, -0.2) is 8.78 Å². The van der Waals surface area contributed by atoms with E-state index in [1.165, 1.54) is 18.2 Å². The molecule has 0 atom stereocenters. The van der Waals surface area contributed by atoms with Crippen LogP contribution in [0.5, 0.6) is 0 Å². The van der Waals surface area contributed by atoms with Crippen LogP contribution in [0, 0.1) is 11.6 Å². The van der Waals surface area contributed by atoms with Crippen molar-refractivity contribution < 1.29 is 13.9 Å². The first-order chi connectivity index (χ1) is 11.6. The molecule has 0 aliphatic heterocycles. The van der Waals surface area contributed by atoms with Gasteiger partial charge in [-0.1, -0.05) is 18.2 Å². The van der Waals surface area contributed by atoms with Crippen molar-refractivity contribution >= 4 is 5.96 Å². The fourth-order valence-corrected chi connectivity index (χ4v) is 2.24. The minimum absolute atomic E-state index is 0.245. The van der Waals surface area contributed by atoms with Gasteiger partial charge in [0.2, 0.25) is 0 Å². The third kappa shape index (κ3) is 5.31. The Kier molecular flexibility index (Phi) is 6.69. The van der Waals surface area contributed by atoms with Crippen LogP contribution in [0.15, 0.2) is 47.5 Å². The molecule has 6 heteroatoms. The first-order valence-corrected chi connectivity index (χ1v) is 7.69. The van der Waals surface area contributed by atoms with Gasteiger partial charge >= 0.3 is 0 Å². The van der Waals surface area contributed by atoms with Gasteiger partial charge in [0.05, 0.1) is 6.61 Å². The van der Waals surface area contributed by atoms with E-state index in [-0.39, 0.29) is 18.0 Å². The lowest BCUT2D eigenvalue weighted by molar-refractivity contribution is 0.275. The van der Waals surface area contributed by atoms with E-state index in [9.17, 15) is 8.78 Å². The van der Waals surface area contributed by atoms with Crippen LogP contribution in [0.3, 0.4) is 0 Å². The lowest BCUT2D eigenvalue weighted by Crippen LogP contribution is -2.37. The van der Waals surface area contributed by atoms with Crippen molar-refractivity contribution in [1.82, 2.24) is 10.6 Å². The third-order valence-electron chi connectivity index (χ3n) is 3.58. The van der Waals surface area contributed by atoms with Crippen LogP contribution < -0.4 is 10.6 Å². The fraction of sp³-hybridized carbons (Fsp3) is 0.278. The highest BCUT2D eigenvalue weighted by Gasteiger charge is 2.04. The molecular formula is C18H21F2N3O. The van der Waals surface area contributed by atoms with Crippen LogP contribution in [0.1, 0.15) is 16.7 Å². The van der Waals surface area contributed by atoms with Gasteiger partial charge in [0, 0.05) is 25.7 Å². The summed E-state index contributed by atoms with van der Waals surface area (Å²) >= 11 is 0. The lowest BCUT2D eigenvalue weighted by atomic mass is 10.1. The van der Waals surface area contributed by atoms with Gasteiger partial charge in [-0.3, -0.25) is 4.99 Å². The van der Waals surface area contributed by atoms with Gasteiger partial charge in [-0.2, -0.15) is 0 Å². The van der Waals surface area contributed by atoms with Crippen LogP contribution >= 0.6 is 0 Å². The maximum absolute atomic E-state index is 13.3. The van der Waals surface area contributed by atoms with Crippen molar-refractivity contribution in [3.63, 3.8) is 0 Å². The molecule has 0 saturated heterocycles. The molecule has 3 N–H and O–H groups in total. The van der Waals surface area contributed by atoms with E-state index in [0.29, 0.717) is 19.0 Å². The molecule has 128 valence electrons. The second-order valence-electron chi connectivity index (χ2n) is 5.31. The summed E-state index contributed by atoms with van der Waals surface area (Å²) < 4.78 is 26.2. The largest absolute Gasteiger partial charge is 0.392 e. The van der Waals surface area contributed by atoms with E-state index < -0.39 is 5.82 Å². The summed E-state index contributed by atoms with van der Waals surface area (Å²) in [5.74, 6) is -0.0410. The molecule has 0 bridgehead atoms.